The molecule has 0 atom stereocenters. The second-order valence-electron chi connectivity index (χ2n) is 11.6. The summed E-state index contributed by atoms with van der Waals surface area (Å²) < 4.78 is 3.78. The van der Waals surface area contributed by atoms with Crippen molar-refractivity contribution in [3.05, 3.63) is 148 Å². The Labute approximate surface area is 261 Å². The Morgan fingerprint density at radius 2 is 1.20 bits per heavy atom. The summed E-state index contributed by atoms with van der Waals surface area (Å²) in [5, 5.41) is 15.6. The number of hydrogen-bond acceptors (Lipinski definition) is 4. The van der Waals surface area contributed by atoms with E-state index < -0.39 is 0 Å². The molecule has 224 valence electrons. The molecule has 0 aliphatic carbocycles. The van der Waals surface area contributed by atoms with Crippen LogP contribution in [-0.4, -0.2) is 25.8 Å². The van der Waals surface area contributed by atoms with Gasteiger partial charge < -0.3 is 20.6 Å². The van der Waals surface area contributed by atoms with Crippen molar-refractivity contribution in [1.29, 1.82) is 10.8 Å². The number of imidazole rings is 1. The molecule has 2 heterocycles. The Morgan fingerprint density at radius 1 is 0.711 bits per heavy atom. The fourth-order valence-electron chi connectivity index (χ4n) is 5.73. The number of nitrogen functional groups attached to an aromatic ring is 2. The Balaban J connectivity index is 1.36. The number of nitrogens with zero attached hydrogens (tertiary/aromatic N) is 3. The molecule has 0 radical (unpaired) electrons. The Hall–Kier alpha value is -5.76. The quantitative estimate of drug-likeness (QED) is 0.115. The van der Waals surface area contributed by atoms with Crippen LogP contribution in [0, 0.1) is 10.8 Å². The Bertz CT molecular complexity index is 2140. The molecule has 0 bridgehead atoms. The molecule has 0 spiro atoms. The van der Waals surface area contributed by atoms with E-state index >= 15 is 0 Å². The van der Waals surface area contributed by atoms with Crippen molar-refractivity contribution in [1.82, 2.24) is 14.1 Å². The summed E-state index contributed by atoms with van der Waals surface area (Å²) in [6, 6.07) is 33.5. The molecule has 4 aromatic carbocycles. The lowest BCUT2D eigenvalue weighted by Crippen LogP contribution is -2.23. The maximum absolute atomic E-state index is 14.1. The van der Waals surface area contributed by atoms with Crippen LogP contribution in [0.5, 0.6) is 0 Å². The number of benzene rings is 4. The van der Waals surface area contributed by atoms with Crippen LogP contribution >= 0.6 is 0 Å². The summed E-state index contributed by atoms with van der Waals surface area (Å²) in [5.41, 5.74) is 19.9. The van der Waals surface area contributed by atoms with Gasteiger partial charge in [0.2, 0.25) is 0 Å². The third-order valence-corrected chi connectivity index (χ3v) is 7.98. The number of aromatic nitrogens is 3. The van der Waals surface area contributed by atoms with E-state index in [2.05, 4.69) is 32.0 Å². The molecule has 0 amide bonds. The van der Waals surface area contributed by atoms with E-state index in [1.807, 2.05) is 95.7 Å². The van der Waals surface area contributed by atoms with Crippen molar-refractivity contribution in [3.8, 4) is 22.3 Å². The van der Waals surface area contributed by atoms with E-state index in [1.54, 1.807) is 4.57 Å². The van der Waals surface area contributed by atoms with E-state index in [1.165, 1.54) is 0 Å². The van der Waals surface area contributed by atoms with Crippen LogP contribution in [0.25, 0.3) is 33.3 Å². The minimum absolute atomic E-state index is 0.0270. The summed E-state index contributed by atoms with van der Waals surface area (Å²) >= 11 is 0. The van der Waals surface area contributed by atoms with Crippen LogP contribution < -0.4 is 17.0 Å². The summed E-state index contributed by atoms with van der Waals surface area (Å²) in [6.45, 7) is 5.07. The fraction of sp³-hybridized carbons (Fsp3) is 0.135. The first-order valence-electron chi connectivity index (χ1n) is 14.8. The normalized spacial score (nSPS) is 11.3. The summed E-state index contributed by atoms with van der Waals surface area (Å²) in [5.74, 6) is 1.03. The van der Waals surface area contributed by atoms with Gasteiger partial charge in [0.15, 0.2) is 0 Å². The minimum Gasteiger partial charge on any atom is -0.384 e. The highest BCUT2D eigenvalue weighted by atomic mass is 16.1. The van der Waals surface area contributed by atoms with E-state index in [0.29, 0.717) is 35.2 Å². The lowest BCUT2D eigenvalue weighted by molar-refractivity contribution is 0.677. The molecule has 0 unspecified atom stereocenters. The van der Waals surface area contributed by atoms with Crippen molar-refractivity contribution in [2.45, 2.75) is 32.9 Å². The summed E-state index contributed by atoms with van der Waals surface area (Å²) in [7, 11) is 0. The second kappa shape index (κ2) is 12.1. The molecule has 0 aliphatic heterocycles. The Kier molecular flexibility index (Phi) is 7.87. The summed E-state index contributed by atoms with van der Waals surface area (Å²) in [6.07, 6.45) is 1.82. The van der Waals surface area contributed by atoms with Crippen LogP contribution in [-0.2, 0) is 13.1 Å². The minimum atomic E-state index is -0.0961. The monoisotopic (exact) mass is 593 g/mol. The lowest BCUT2D eigenvalue weighted by Gasteiger charge is -2.14. The second-order valence-corrected chi connectivity index (χ2v) is 11.6. The first kappa shape index (κ1) is 29.3. The maximum atomic E-state index is 14.1. The SMILES string of the molecule is CC(C)c1nc2ccn(Cc3cccc(-c4cccc(C(=N)N)c4)c3)c(=O)c2n1Cc1cccc(-c2cccc(C(=N)N)c2)c1. The molecular formula is C37H35N7O. The standard InChI is InChI=1S/C37H35N7O/c1-23(2)36-42-32-15-16-43(21-24-7-3-9-26(17-24)28-11-5-13-30(19-28)34(38)39)37(45)33(32)44(36)22-25-8-4-10-27(18-25)29-12-6-14-31(20-29)35(40)41/h3-20,23H,21-22H2,1-2H3,(H3,38,39)(H3,40,41). The molecule has 6 N–H and O–H groups in total. The Morgan fingerprint density at radius 3 is 1.71 bits per heavy atom. The van der Waals surface area contributed by atoms with Gasteiger partial charge in [-0.2, -0.15) is 0 Å². The largest absolute Gasteiger partial charge is 0.384 e. The zero-order valence-electron chi connectivity index (χ0n) is 25.3. The predicted octanol–water partition coefficient (Wildman–Crippen LogP) is 6.32. The van der Waals surface area contributed by atoms with Crippen LogP contribution in [0.2, 0.25) is 0 Å². The van der Waals surface area contributed by atoms with Gasteiger partial charge in [0.05, 0.1) is 12.1 Å². The van der Waals surface area contributed by atoms with Gasteiger partial charge in [0, 0.05) is 29.8 Å². The number of fused-ring (bicyclic) bond motifs is 1. The van der Waals surface area contributed by atoms with E-state index in [0.717, 1.165) is 39.2 Å². The third kappa shape index (κ3) is 6.03. The van der Waals surface area contributed by atoms with Crippen molar-refractivity contribution >= 4 is 22.7 Å². The van der Waals surface area contributed by atoms with Crippen molar-refractivity contribution in [2.75, 3.05) is 0 Å². The van der Waals surface area contributed by atoms with Gasteiger partial charge in [0.1, 0.15) is 23.0 Å². The number of nitrogens with one attached hydrogen (secondary N) is 2. The van der Waals surface area contributed by atoms with Gasteiger partial charge in [-0.1, -0.05) is 86.6 Å². The van der Waals surface area contributed by atoms with Crippen molar-refractivity contribution in [3.63, 3.8) is 0 Å². The molecule has 8 heteroatoms. The van der Waals surface area contributed by atoms with Crippen LogP contribution in [0.15, 0.2) is 114 Å². The average molecular weight is 594 g/mol. The number of amidine groups is 2. The topological polar surface area (TPSA) is 140 Å². The molecule has 0 saturated carbocycles. The van der Waals surface area contributed by atoms with E-state index in [9.17, 15) is 4.79 Å². The first-order valence-corrected chi connectivity index (χ1v) is 14.8. The molecule has 0 fully saturated rings. The van der Waals surface area contributed by atoms with Gasteiger partial charge in [-0.05, 0) is 63.7 Å². The molecular weight excluding hydrogens is 558 g/mol. The summed E-state index contributed by atoms with van der Waals surface area (Å²) in [4.78, 5) is 19.0. The van der Waals surface area contributed by atoms with Gasteiger partial charge in [-0.3, -0.25) is 15.6 Å². The van der Waals surface area contributed by atoms with Crippen LogP contribution in [0.1, 0.15) is 47.8 Å². The zero-order valence-corrected chi connectivity index (χ0v) is 25.3. The predicted molar refractivity (Wildman–Crippen MR) is 182 cm³/mol. The molecule has 0 aliphatic rings. The average Bonchev–Trinajstić information content (AvgIpc) is 3.42. The number of pyridine rings is 1. The van der Waals surface area contributed by atoms with Crippen LogP contribution in [0.4, 0.5) is 0 Å². The van der Waals surface area contributed by atoms with Crippen molar-refractivity contribution in [2.24, 2.45) is 11.5 Å². The van der Waals surface area contributed by atoms with Gasteiger partial charge in [-0.25, -0.2) is 4.98 Å². The molecule has 8 nitrogen and oxygen atoms in total. The molecule has 6 rings (SSSR count). The first-order chi connectivity index (χ1) is 21.7. The van der Waals surface area contributed by atoms with Gasteiger partial charge >= 0.3 is 0 Å². The molecule has 2 aromatic heterocycles. The van der Waals surface area contributed by atoms with Gasteiger partial charge in [0.25, 0.3) is 5.56 Å². The molecule has 0 saturated heterocycles. The maximum Gasteiger partial charge on any atom is 0.277 e. The number of hydrogen-bond donors (Lipinski definition) is 4. The van der Waals surface area contributed by atoms with E-state index in [-0.39, 0.29) is 23.1 Å². The highest BCUT2D eigenvalue weighted by molar-refractivity contribution is 5.96. The number of nitrogens with two attached hydrogens (primary N) is 2. The lowest BCUT2D eigenvalue weighted by atomic mass is 10.0. The smallest absolute Gasteiger partial charge is 0.277 e. The van der Waals surface area contributed by atoms with Crippen molar-refractivity contribution < 1.29 is 0 Å². The van der Waals surface area contributed by atoms with Crippen LogP contribution in [0.3, 0.4) is 0 Å². The van der Waals surface area contributed by atoms with Gasteiger partial charge in [-0.15, -0.1) is 0 Å². The van der Waals surface area contributed by atoms with E-state index in [4.69, 9.17) is 27.3 Å². The number of rotatable bonds is 9. The fourth-order valence-corrected chi connectivity index (χ4v) is 5.73. The zero-order chi connectivity index (χ0) is 31.7. The molecule has 45 heavy (non-hydrogen) atoms. The molecule has 6 aromatic rings. The highest BCUT2D eigenvalue weighted by Gasteiger charge is 2.18. The third-order valence-electron chi connectivity index (χ3n) is 7.98. The highest BCUT2D eigenvalue weighted by Crippen LogP contribution is 2.26.